The lowest BCUT2D eigenvalue weighted by Gasteiger charge is -2.10. The van der Waals surface area contributed by atoms with Crippen molar-refractivity contribution in [2.45, 2.75) is 6.04 Å². The SMILES string of the molecule is CNC1C(=O)Nc2cc(OCCO)c(Br)cc21. The Kier molecular flexibility index (Phi) is 3.66. The molecule has 3 N–H and O–H groups in total. The normalized spacial score (nSPS) is 17.8. The first-order valence-electron chi connectivity index (χ1n) is 5.22. The zero-order valence-electron chi connectivity index (χ0n) is 9.29. The monoisotopic (exact) mass is 300 g/mol. The number of likely N-dealkylation sites (N-methyl/N-ethyl adjacent to an activating group) is 1. The van der Waals surface area contributed by atoms with E-state index in [1.54, 1.807) is 13.1 Å². The van der Waals surface area contributed by atoms with Crippen LogP contribution in [-0.2, 0) is 4.79 Å². The second-order valence-electron chi connectivity index (χ2n) is 3.65. The molecule has 0 radical (unpaired) electrons. The first-order valence-corrected chi connectivity index (χ1v) is 6.02. The van der Waals surface area contributed by atoms with Crippen LogP contribution in [0.1, 0.15) is 11.6 Å². The summed E-state index contributed by atoms with van der Waals surface area (Å²) in [5.74, 6) is 0.531. The van der Waals surface area contributed by atoms with E-state index in [2.05, 4.69) is 26.6 Å². The summed E-state index contributed by atoms with van der Waals surface area (Å²) in [6.07, 6.45) is 0. The van der Waals surface area contributed by atoms with Gasteiger partial charge in [0.1, 0.15) is 18.4 Å². The zero-order valence-corrected chi connectivity index (χ0v) is 10.9. The van der Waals surface area contributed by atoms with Gasteiger partial charge in [0.25, 0.3) is 0 Å². The average molecular weight is 301 g/mol. The Bertz CT molecular complexity index is 451. The largest absolute Gasteiger partial charge is 0.490 e. The molecule has 0 saturated heterocycles. The van der Waals surface area contributed by atoms with Gasteiger partial charge in [0, 0.05) is 17.3 Å². The number of anilines is 1. The van der Waals surface area contributed by atoms with Crippen molar-refractivity contribution in [2.75, 3.05) is 25.6 Å². The Balaban J connectivity index is 2.33. The lowest BCUT2D eigenvalue weighted by atomic mass is 10.1. The predicted molar refractivity (Wildman–Crippen MR) is 67.2 cm³/mol. The van der Waals surface area contributed by atoms with E-state index in [0.29, 0.717) is 5.75 Å². The van der Waals surface area contributed by atoms with Crippen molar-refractivity contribution in [3.63, 3.8) is 0 Å². The highest BCUT2D eigenvalue weighted by atomic mass is 79.9. The summed E-state index contributed by atoms with van der Waals surface area (Å²) in [7, 11) is 1.74. The van der Waals surface area contributed by atoms with Crippen LogP contribution in [0.25, 0.3) is 0 Å². The van der Waals surface area contributed by atoms with Crippen molar-refractivity contribution in [1.29, 1.82) is 0 Å². The van der Waals surface area contributed by atoms with Crippen molar-refractivity contribution < 1.29 is 14.6 Å². The summed E-state index contributed by atoms with van der Waals surface area (Å²) >= 11 is 3.38. The van der Waals surface area contributed by atoms with Crippen molar-refractivity contribution in [3.8, 4) is 5.75 Å². The van der Waals surface area contributed by atoms with E-state index in [1.165, 1.54) is 0 Å². The van der Waals surface area contributed by atoms with E-state index >= 15 is 0 Å². The van der Waals surface area contributed by atoms with Crippen LogP contribution in [0.3, 0.4) is 0 Å². The first-order chi connectivity index (χ1) is 8.17. The minimum atomic E-state index is -0.326. The summed E-state index contributed by atoms with van der Waals surface area (Å²) in [5, 5.41) is 14.4. The van der Waals surface area contributed by atoms with Crippen LogP contribution < -0.4 is 15.4 Å². The van der Waals surface area contributed by atoms with Gasteiger partial charge in [-0.15, -0.1) is 0 Å². The second-order valence-corrected chi connectivity index (χ2v) is 4.51. The molecule has 92 valence electrons. The lowest BCUT2D eigenvalue weighted by Crippen LogP contribution is -2.23. The molecule has 6 heteroatoms. The molecule has 0 fully saturated rings. The van der Waals surface area contributed by atoms with Gasteiger partial charge in [0.15, 0.2) is 0 Å². The van der Waals surface area contributed by atoms with Crippen LogP contribution in [0.5, 0.6) is 5.75 Å². The van der Waals surface area contributed by atoms with E-state index in [4.69, 9.17) is 9.84 Å². The molecule has 17 heavy (non-hydrogen) atoms. The number of benzene rings is 1. The maximum atomic E-state index is 11.6. The Morgan fingerprint density at radius 2 is 2.35 bits per heavy atom. The van der Waals surface area contributed by atoms with E-state index in [-0.39, 0.29) is 25.2 Å². The van der Waals surface area contributed by atoms with Gasteiger partial charge in [-0.2, -0.15) is 0 Å². The fourth-order valence-corrected chi connectivity index (χ4v) is 2.29. The van der Waals surface area contributed by atoms with Crippen molar-refractivity contribution in [3.05, 3.63) is 22.2 Å². The van der Waals surface area contributed by atoms with E-state index < -0.39 is 0 Å². The molecule has 1 aromatic carbocycles. The highest BCUT2D eigenvalue weighted by Crippen LogP contribution is 2.38. The number of aliphatic hydroxyl groups is 1. The summed E-state index contributed by atoms with van der Waals surface area (Å²) in [6, 6.07) is 3.28. The molecule has 2 rings (SSSR count). The highest BCUT2D eigenvalue weighted by molar-refractivity contribution is 9.10. The molecule has 1 amide bonds. The number of hydrogen-bond acceptors (Lipinski definition) is 4. The third kappa shape index (κ3) is 2.29. The summed E-state index contributed by atoms with van der Waals surface area (Å²) in [6.45, 7) is 0.176. The smallest absolute Gasteiger partial charge is 0.246 e. The number of fused-ring (bicyclic) bond motifs is 1. The number of ether oxygens (including phenoxy) is 1. The molecular formula is C11H13BrN2O3. The Morgan fingerprint density at radius 3 is 3.00 bits per heavy atom. The van der Waals surface area contributed by atoms with Crippen molar-refractivity contribution in [1.82, 2.24) is 5.32 Å². The van der Waals surface area contributed by atoms with Gasteiger partial charge in [0.05, 0.1) is 11.1 Å². The van der Waals surface area contributed by atoms with E-state index in [9.17, 15) is 4.79 Å². The molecule has 0 spiro atoms. The molecule has 1 aromatic rings. The van der Waals surface area contributed by atoms with Crippen LogP contribution in [0.15, 0.2) is 16.6 Å². The van der Waals surface area contributed by atoms with Crippen molar-refractivity contribution in [2.24, 2.45) is 0 Å². The molecule has 1 aliphatic heterocycles. The Hall–Kier alpha value is -1.11. The van der Waals surface area contributed by atoms with Gasteiger partial charge in [-0.3, -0.25) is 4.79 Å². The van der Waals surface area contributed by atoms with Crippen LogP contribution in [-0.4, -0.2) is 31.3 Å². The highest BCUT2D eigenvalue weighted by Gasteiger charge is 2.30. The minimum absolute atomic E-state index is 0.0466. The number of amides is 1. The number of carbonyl (C=O) groups excluding carboxylic acids is 1. The Labute approximate surface area is 107 Å². The number of halogens is 1. The fourth-order valence-electron chi connectivity index (χ4n) is 1.81. The van der Waals surface area contributed by atoms with Crippen LogP contribution >= 0.6 is 15.9 Å². The molecule has 0 aromatic heterocycles. The van der Waals surface area contributed by atoms with Gasteiger partial charge in [-0.05, 0) is 29.0 Å². The fraction of sp³-hybridized carbons (Fsp3) is 0.364. The van der Waals surface area contributed by atoms with Crippen LogP contribution in [0.2, 0.25) is 0 Å². The molecule has 0 saturated carbocycles. The number of hydrogen-bond donors (Lipinski definition) is 3. The van der Waals surface area contributed by atoms with E-state index in [0.717, 1.165) is 15.7 Å². The summed E-state index contributed by atoms with van der Waals surface area (Å²) in [5.41, 5.74) is 1.63. The molecule has 0 bridgehead atoms. The predicted octanol–water partition coefficient (Wildman–Crippen LogP) is 1.03. The van der Waals surface area contributed by atoms with Crippen LogP contribution in [0.4, 0.5) is 5.69 Å². The third-order valence-electron chi connectivity index (χ3n) is 2.57. The van der Waals surface area contributed by atoms with Crippen LogP contribution in [0, 0.1) is 0 Å². The number of aliphatic hydroxyl groups excluding tert-OH is 1. The standard InChI is InChI=1S/C11H13BrN2O3/c1-13-10-6-4-7(12)9(17-3-2-15)5-8(6)14-11(10)16/h4-5,10,13,15H,2-3H2,1H3,(H,14,16). The molecular weight excluding hydrogens is 288 g/mol. The summed E-state index contributed by atoms with van der Waals surface area (Å²) < 4.78 is 6.11. The van der Waals surface area contributed by atoms with Gasteiger partial charge in [0.2, 0.25) is 5.91 Å². The quantitative estimate of drug-likeness (QED) is 0.777. The van der Waals surface area contributed by atoms with Crippen molar-refractivity contribution >= 4 is 27.5 Å². The summed E-state index contributed by atoms with van der Waals surface area (Å²) in [4.78, 5) is 11.6. The topological polar surface area (TPSA) is 70.6 Å². The molecule has 1 unspecified atom stereocenters. The maximum absolute atomic E-state index is 11.6. The number of nitrogens with one attached hydrogen (secondary N) is 2. The number of carbonyl (C=O) groups is 1. The molecule has 5 nitrogen and oxygen atoms in total. The zero-order chi connectivity index (χ0) is 12.4. The van der Waals surface area contributed by atoms with E-state index in [1.807, 2.05) is 6.07 Å². The first kappa shape index (κ1) is 12.3. The molecule has 1 atom stereocenters. The maximum Gasteiger partial charge on any atom is 0.246 e. The van der Waals surface area contributed by atoms with Gasteiger partial charge in [-0.25, -0.2) is 0 Å². The molecule has 0 aliphatic carbocycles. The second kappa shape index (κ2) is 5.03. The van der Waals surface area contributed by atoms with Gasteiger partial charge < -0.3 is 20.5 Å². The minimum Gasteiger partial charge on any atom is -0.490 e. The van der Waals surface area contributed by atoms with Gasteiger partial charge in [-0.1, -0.05) is 0 Å². The molecule has 1 heterocycles. The number of rotatable bonds is 4. The Morgan fingerprint density at radius 1 is 1.59 bits per heavy atom. The van der Waals surface area contributed by atoms with Gasteiger partial charge >= 0.3 is 0 Å². The average Bonchev–Trinajstić information content (AvgIpc) is 2.61. The third-order valence-corrected chi connectivity index (χ3v) is 3.19. The lowest BCUT2D eigenvalue weighted by molar-refractivity contribution is -0.117. The molecule has 1 aliphatic rings.